The smallest absolute Gasteiger partial charge is 0.237 e. The summed E-state index contributed by atoms with van der Waals surface area (Å²) in [7, 11) is 0. The SMILES string of the molecule is CC(CN1CCCC(CNC(=O)C2CCCN2)C1)c1cccc(Cl)c1.Cl. The van der Waals surface area contributed by atoms with Gasteiger partial charge in [0.15, 0.2) is 0 Å². The van der Waals surface area contributed by atoms with Crippen LogP contribution < -0.4 is 10.6 Å². The van der Waals surface area contributed by atoms with Crippen LogP contribution in [0.3, 0.4) is 0 Å². The Morgan fingerprint density at radius 3 is 2.96 bits per heavy atom. The van der Waals surface area contributed by atoms with Crippen LogP contribution >= 0.6 is 24.0 Å². The van der Waals surface area contributed by atoms with E-state index in [4.69, 9.17) is 11.6 Å². The molecular weight excluding hydrogens is 369 g/mol. The van der Waals surface area contributed by atoms with Gasteiger partial charge in [0.1, 0.15) is 0 Å². The van der Waals surface area contributed by atoms with Crippen LogP contribution in [-0.2, 0) is 4.79 Å². The molecule has 2 aliphatic heterocycles. The fraction of sp³-hybridized carbons (Fsp3) is 0.650. The first-order chi connectivity index (χ1) is 12.1. The van der Waals surface area contributed by atoms with Crippen molar-refractivity contribution in [1.82, 2.24) is 15.5 Å². The number of likely N-dealkylation sites (tertiary alicyclic amines) is 1. The Hall–Kier alpha value is -0.810. The molecule has 2 N–H and O–H groups in total. The second-order valence-electron chi connectivity index (χ2n) is 7.62. The second-order valence-corrected chi connectivity index (χ2v) is 8.05. The Labute approximate surface area is 168 Å². The molecule has 0 spiro atoms. The van der Waals surface area contributed by atoms with Crippen molar-refractivity contribution in [3.8, 4) is 0 Å². The van der Waals surface area contributed by atoms with Crippen molar-refractivity contribution in [2.75, 3.05) is 32.7 Å². The number of carbonyl (C=O) groups excluding carboxylic acids is 1. The lowest BCUT2D eigenvalue weighted by molar-refractivity contribution is -0.123. The standard InChI is InChI=1S/C20H30ClN3O.ClH/c1-15(17-6-2-7-18(21)11-17)13-24-10-4-5-16(14-24)12-23-20(25)19-8-3-9-22-19;/h2,6-7,11,15-16,19,22H,3-5,8-10,12-14H2,1H3,(H,23,25);1H. The van der Waals surface area contributed by atoms with Gasteiger partial charge in [-0.05, 0) is 68.3 Å². The van der Waals surface area contributed by atoms with Crippen LogP contribution in [0.25, 0.3) is 0 Å². The van der Waals surface area contributed by atoms with Gasteiger partial charge < -0.3 is 15.5 Å². The number of rotatable bonds is 6. The van der Waals surface area contributed by atoms with Gasteiger partial charge in [0.2, 0.25) is 5.91 Å². The molecule has 6 heteroatoms. The van der Waals surface area contributed by atoms with Crippen LogP contribution in [0.15, 0.2) is 24.3 Å². The number of amides is 1. The van der Waals surface area contributed by atoms with E-state index < -0.39 is 0 Å². The largest absolute Gasteiger partial charge is 0.354 e. The highest BCUT2D eigenvalue weighted by atomic mass is 35.5. The van der Waals surface area contributed by atoms with E-state index in [1.807, 2.05) is 12.1 Å². The molecule has 1 aromatic carbocycles. The van der Waals surface area contributed by atoms with Gasteiger partial charge in [0, 0.05) is 24.7 Å². The lowest BCUT2D eigenvalue weighted by atomic mass is 9.95. The summed E-state index contributed by atoms with van der Waals surface area (Å²) >= 11 is 6.12. The Morgan fingerprint density at radius 2 is 2.23 bits per heavy atom. The van der Waals surface area contributed by atoms with E-state index in [0.717, 1.165) is 50.6 Å². The van der Waals surface area contributed by atoms with E-state index in [1.165, 1.54) is 18.4 Å². The number of halogens is 2. The van der Waals surface area contributed by atoms with Crippen molar-refractivity contribution >= 4 is 29.9 Å². The minimum absolute atomic E-state index is 0. The van der Waals surface area contributed by atoms with E-state index in [0.29, 0.717) is 11.8 Å². The maximum Gasteiger partial charge on any atom is 0.237 e. The minimum atomic E-state index is 0. The molecule has 0 aliphatic carbocycles. The van der Waals surface area contributed by atoms with Crippen LogP contribution in [0.4, 0.5) is 0 Å². The molecular formula is C20H31Cl2N3O. The molecule has 3 unspecified atom stereocenters. The molecule has 0 saturated carbocycles. The zero-order chi connectivity index (χ0) is 17.6. The Bertz CT molecular complexity index is 578. The van der Waals surface area contributed by atoms with Gasteiger partial charge in [-0.2, -0.15) is 0 Å². The highest BCUT2D eigenvalue weighted by molar-refractivity contribution is 6.30. The summed E-state index contributed by atoms with van der Waals surface area (Å²) in [5.74, 6) is 1.21. The molecule has 1 amide bonds. The summed E-state index contributed by atoms with van der Waals surface area (Å²) < 4.78 is 0. The summed E-state index contributed by atoms with van der Waals surface area (Å²) in [6, 6.07) is 8.22. The van der Waals surface area contributed by atoms with Crippen molar-refractivity contribution in [2.45, 2.75) is 44.6 Å². The monoisotopic (exact) mass is 399 g/mol. The van der Waals surface area contributed by atoms with E-state index in [2.05, 4.69) is 34.6 Å². The van der Waals surface area contributed by atoms with Crippen LogP contribution in [-0.4, -0.2) is 49.6 Å². The lowest BCUT2D eigenvalue weighted by Crippen LogP contribution is -2.46. The van der Waals surface area contributed by atoms with E-state index in [9.17, 15) is 4.79 Å². The molecule has 4 nitrogen and oxygen atoms in total. The number of piperidine rings is 1. The summed E-state index contributed by atoms with van der Waals surface area (Å²) in [5.41, 5.74) is 1.30. The molecule has 1 aromatic rings. The van der Waals surface area contributed by atoms with Gasteiger partial charge in [-0.1, -0.05) is 30.7 Å². The predicted molar refractivity (Wildman–Crippen MR) is 110 cm³/mol. The molecule has 3 atom stereocenters. The first-order valence-corrected chi connectivity index (χ1v) is 9.98. The third-order valence-corrected chi connectivity index (χ3v) is 5.73. The third kappa shape index (κ3) is 6.12. The van der Waals surface area contributed by atoms with Crippen molar-refractivity contribution < 1.29 is 4.79 Å². The molecule has 0 aromatic heterocycles. The Morgan fingerprint density at radius 1 is 1.38 bits per heavy atom. The highest BCUT2D eigenvalue weighted by Crippen LogP contribution is 2.23. The zero-order valence-corrected chi connectivity index (χ0v) is 17.1. The number of nitrogens with one attached hydrogen (secondary N) is 2. The van der Waals surface area contributed by atoms with Crippen LogP contribution in [0.1, 0.15) is 44.1 Å². The minimum Gasteiger partial charge on any atom is -0.354 e. The number of nitrogens with zero attached hydrogens (tertiary/aromatic N) is 1. The quantitative estimate of drug-likeness (QED) is 0.769. The molecule has 146 valence electrons. The fourth-order valence-electron chi connectivity index (χ4n) is 4.07. The average Bonchev–Trinajstić information content (AvgIpc) is 3.15. The number of benzene rings is 1. The zero-order valence-electron chi connectivity index (χ0n) is 15.5. The number of carbonyl (C=O) groups is 1. The lowest BCUT2D eigenvalue weighted by Gasteiger charge is -2.34. The average molecular weight is 400 g/mol. The molecule has 2 fully saturated rings. The van der Waals surface area contributed by atoms with Gasteiger partial charge in [-0.25, -0.2) is 0 Å². The van der Waals surface area contributed by atoms with Gasteiger partial charge in [0.05, 0.1) is 6.04 Å². The van der Waals surface area contributed by atoms with Crippen LogP contribution in [0, 0.1) is 5.92 Å². The highest BCUT2D eigenvalue weighted by Gasteiger charge is 2.25. The van der Waals surface area contributed by atoms with Crippen molar-refractivity contribution in [3.63, 3.8) is 0 Å². The maximum absolute atomic E-state index is 12.2. The summed E-state index contributed by atoms with van der Waals surface area (Å²) in [6.45, 7) is 7.32. The molecule has 3 rings (SSSR count). The predicted octanol–water partition coefficient (Wildman–Crippen LogP) is 3.45. The van der Waals surface area contributed by atoms with Crippen LogP contribution in [0.5, 0.6) is 0 Å². The molecule has 2 aliphatic rings. The number of hydrogen-bond donors (Lipinski definition) is 2. The summed E-state index contributed by atoms with van der Waals surface area (Å²) in [4.78, 5) is 14.7. The van der Waals surface area contributed by atoms with Gasteiger partial charge in [-0.3, -0.25) is 4.79 Å². The molecule has 0 radical (unpaired) electrons. The molecule has 2 saturated heterocycles. The van der Waals surface area contributed by atoms with Gasteiger partial charge in [0.25, 0.3) is 0 Å². The van der Waals surface area contributed by atoms with Crippen LogP contribution in [0.2, 0.25) is 5.02 Å². The fourth-order valence-corrected chi connectivity index (χ4v) is 4.26. The van der Waals surface area contributed by atoms with E-state index in [-0.39, 0.29) is 24.4 Å². The molecule has 26 heavy (non-hydrogen) atoms. The first kappa shape index (κ1) is 21.5. The second kappa shape index (κ2) is 10.5. The topological polar surface area (TPSA) is 44.4 Å². The van der Waals surface area contributed by atoms with E-state index in [1.54, 1.807) is 0 Å². The summed E-state index contributed by atoms with van der Waals surface area (Å²) in [6.07, 6.45) is 4.50. The van der Waals surface area contributed by atoms with E-state index >= 15 is 0 Å². The van der Waals surface area contributed by atoms with Gasteiger partial charge >= 0.3 is 0 Å². The molecule has 2 heterocycles. The van der Waals surface area contributed by atoms with Crippen molar-refractivity contribution in [1.29, 1.82) is 0 Å². The normalized spacial score (nSPS) is 24.7. The Balaban J connectivity index is 0.00000243. The van der Waals surface area contributed by atoms with Crippen molar-refractivity contribution in [3.05, 3.63) is 34.9 Å². The Kier molecular flexibility index (Phi) is 8.68. The van der Waals surface area contributed by atoms with Gasteiger partial charge in [-0.15, -0.1) is 12.4 Å². The maximum atomic E-state index is 12.2. The molecule has 0 bridgehead atoms. The summed E-state index contributed by atoms with van der Waals surface area (Å²) in [5, 5.41) is 7.24. The third-order valence-electron chi connectivity index (χ3n) is 5.49. The number of hydrogen-bond acceptors (Lipinski definition) is 3. The van der Waals surface area contributed by atoms with Crippen molar-refractivity contribution in [2.24, 2.45) is 5.92 Å². The first-order valence-electron chi connectivity index (χ1n) is 9.60.